The SMILES string of the molecule is COC(=O)CC(c1ccc(OC)c(C)c1)C(C)C. The molecule has 0 spiro atoms. The van der Waals surface area contributed by atoms with Crippen molar-refractivity contribution < 1.29 is 14.3 Å². The van der Waals surface area contributed by atoms with Crippen LogP contribution in [0.2, 0.25) is 0 Å². The number of benzene rings is 1. The predicted octanol–water partition coefficient (Wildman–Crippen LogP) is 3.31. The molecule has 1 aromatic carbocycles. The summed E-state index contributed by atoms with van der Waals surface area (Å²) in [6, 6.07) is 6.07. The highest BCUT2D eigenvalue weighted by Gasteiger charge is 2.20. The van der Waals surface area contributed by atoms with Gasteiger partial charge >= 0.3 is 5.97 Å². The van der Waals surface area contributed by atoms with Crippen molar-refractivity contribution >= 4 is 5.97 Å². The maximum absolute atomic E-state index is 11.5. The zero-order chi connectivity index (χ0) is 13.7. The summed E-state index contributed by atoms with van der Waals surface area (Å²) in [6.45, 7) is 6.25. The van der Waals surface area contributed by atoms with Crippen LogP contribution in [0, 0.1) is 12.8 Å². The first-order chi connectivity index (χ1) is 8.49. The fourth-order valence-corrected chi connectivity index (χ4v) is 2.13. The molecule has 3 heteroatoms. The second kappa shape index (κ2) is 6.43. The van der Waals surface area contributed by atoms with E-state index >= 15 is 0 Å². The number of hydrogen-bond acceptors (Lipinski definition) is 3. The number of methoxy groups -OCH3 is 2. The Morgan fingerprint density at radius 2 is 1.94 bits per heavy atom. The van der Waals surface area contributed by atoms with Crippen LogP contribution >= 0.6 is 0 Å². The van der Waals surface area contributed by atoms with Gasteiger partial charge in [-0.3, -0.25) is 4.79 Å². The van der Waals surface area contributed by atoms with E-state index < -0.39 is 0 Å². The minimum atomic E-state index is -0.165. The maximum Gasteiger partial charge on any atom is 0.306 e. The van der Waals surface area contributed by atoms with E-state index in [-0.39, 0.29) is 11.9 Å². The van der Waals surface area contributed by atoms with Crippen molar-refractivity contribution in [2.75, 3.05) is 14.2 Å². The molecule has 1 rings (SSSR count). The fraction of sp³-hybridized carbons (Fsp3) is 0.533. The number of aryl methyl sites for hydroxylation is 1. The smallest absolute Gasteiger partial charge is 0.306 e. The molecule has 18 heavy (non-hydrogen) atoms. The van der Waals surface area contributed by atoms with E-state index in [1.807, 2.05) is 19.1 Å². The fourth-order valence-electron chi connectivity index (χ4n) is 2.13. The molecule has 0 aliphatic carbocycles. The van der Waals surface area contributed by atoms with Gasteiger partial charge in [-0.05, 0) is 36.0 Å². The van der Waals surface area contributed by atoms with Crippen molar-refractivity contribution in [3.8, 4) is 5.75 Å². The minimum absolute atomic E-state index is 0.165. The number of hydrogen-bond donors (Lipinski definition) is 0. The summed E-state index contributed by atoms with van der Waals surface area (Å²) < 4.78 is 10.0. The van der Waals surface area contributed by atoms with Crippen LogP contribution in [0.4, 0.5) is 0 Å². The number of carbonyl (C=O) groups excluding carboxylic acids is 1. The second-order valence-corrected chi connectivity index (χ2v) is 4.86. The third-order valence-corrected chi connectivity index (χ3v) is 3.27. The number of ether oxygens (including phenoxy) is 2. The van der Waals surface area contributed by atoms with E-state index in [2.05, 4.69) is 19.9 Å². The van der Waals surface area contributed by atoms with Gasteiger partial charge in [-0.2, -0.15) is 0 Å². The van der Waals surface area contributed by atoms with Crippen molar-refractivity contribution in [1.82, 2.24) is 0 Å². The quantitative estimate of drug-likeness (QED) is 0.752. The Kier molecular flexibility index (Phi) is 5.20. The van der Waals surface area contributed by atoms with Crippen molar-refractivity contribution in [1.29, 1.82) is 0 Å². The third kappa shape index (κ3) is 3.49. The van der Waals surface area contributed by atoms with E-state index in [0.29, 0.717) is 12.3 Å². The molecule has 0 aliphatic heterocycles. The third-order valence-electron chi connectivity index (χ3n) is 3.27. The van der Waals surface area contributed by atoms with Gasteiger partial charge in [0, 0.05) is 0 Å². The van der Waals surface area contributed by atoms with Crippen LogP contribution in [-0.2, 0) is 9.53 Å². The minimum Gasteiger partial charge on any atom is -0.496 e. The summed E-state index contributed by atoms with van der Waals surface area (Å²) in [5.41, 5.74) is 2.25. The molecule has 0 saturated heterocycles. The van der Waals surface area contributed by atoms with Crippen LogP contribution in [0.25, 0.3) is 0 Å². The van der Waals surface area contributed by atoms with E-state index in [0.717, 1.165) is 16.9 Å². The Morgan fingerprint density at radius 1 is 1.28 bits per heavy atom. The summed E-state index contributed by atoms with van der Waals surface area (Å²) in [5, 5.41) is 0. The molecule has 1 aromatic rings. The molecular weight excluding hydrogens is 228 g/mol. The Balaban J connectivity index is 2.99. The van der Waals surface area contributed by atoms with Gasteiger partial charge in [0.15, 0.2) is 0 Å². The highest BCUT2D eigenvalue weighted by molar-refractivity contribution is 5.70. The normalized spacial score (nSPS) is 12.3. The Labute approximate surface area is 109 Å². The van der Waals surface area contributed by atoms with Crippen LogP contribution in [-0.4, -0.2) is 20.2 Å². The molecule has 0 N–H and O–H groups in total. The lowest BCUT2D eigenvalue weighted by Gasteiger charge is -2.21. The number of rotatable bonds is 5. The lowest BCUT2D eigenvalue weighted by Crippen LogP contribution is -2.14. The molecular formula is C15H22O3. The van der Waals surface area contributed by atoms with Crippen molar-refractivity contribution in [3.63, 3.8) is 0 Å². The molecule has 1 unspecified atom stereocenters. The lowest BCUT2D eigenvalue weighted by atomic mass is 9.85. The maximum atomic E-state index is 11.5. The van der Waals surface area contributed by atoms with Gasteiger partial charge in [0.2, 0.25) is 0 Å². The zero-order valence-electron chi connectivity index (χ0n) is 11.8. The Bertz CT molecular complexity index is 410. The van der Waals surface area contributed by atoms with E-state index in [9.17, 15) is 4.79 Å². The first-order valence-electron chi connectivity index (χ1n) is 6.21. The topological polar surface area (TPSA) is 35.5 Å². The molecule has 0 amide bonds. The van der Waals surface area contributed by atoms with Crippen LogP contribution in [0.1, 0.15) is 37.3 Å². The molecule has 0 aromatic heterocycles. The van der Waals surface area contributed by atoms with Crippen LogP contribution in [0.5, 0.6) is 5.75 Å². The standard InChI is InChI=1S/C15H22O3/c1-10(2)13(9-15(16)18-5)12-6-7-14(17-4)11(3)8-12/h6-8,10,13H,9H2,1-5H3. The zero-order valence-corrected chi connectivity index (χ0v) is 11.8. The van der Waals surface area contributed by atoms with Crippen molar-refractivity contribution in [2.24, 2.45) is 5.92 Å². The summed E-state index contributed by atoms with van der Waals surface area (Å²) in [6.07, 6.45) is 0.417. The average molecular weight is 250 g/mol. The molecule has 0 radical (unpaired) electrons. The largest absolute Gasteiger partial charge is 0.496 e. The Hall–Kier alpha value is -1.51. The van der Waals surface area contributed by atoms with Crippen molar-refractivity contribution in [2.45, 2.75) is 33.1 Å². The van der Waals surface area contributed by atoms with Gasteiger partial charge in [-0.1, -0.05) is 26.0 Å². The summed E-state index contributed by atoms with van der Waals surface area (Å²) in [5.74, 6) is 1.28. The molecule has 0 heterocycles. The monoisotopic (exact) mass is 250 g/mol. The van der Waals surface area contributed by atoms with E-state index in [1.165, 1.54) is 7.11 Å². The molecule has 100 valence electrons. The summed E-state index contributed by atoms with van der Waals surface area (Å²) >= 11 is 0. The first kappa shape index (κ1) is 14.6. The highest BCUT2D eigenvalue weighted by Crippen LogP contribution is 2.31. The Morgan fingerprint density at radius 3 is 2.39 bits per heavy atom. The molecule has 1 atom stereocenters. The van der Waals surface area contributed by atoms with E-state index in [4.69, 9.17) is 9.47 Å². The second-order valence-electron chi connectivity index (χ2n) is 4.86. The van der Waals surface area contributed by atoms with Gasteiger partial charge in [0.05, 0.1) is 20.6 Å². The number of carbonyl (C=O) groups is 1. The molecule has 0 saturated carbocycles. The summed E-state index contributed by atoms with van der Waals surface area (Å²) in [7, 11) is 3.09. The van der Waals surface area contributed by atoms with Gasteiger partial charge in [0.1, 0.15) is 5.75 Å². The predicted molar refractivity (Wildman–Crippen MR) is 71.9 cm³/mol. The van der Waals surface area contributed by atoms with Crippen LogP contribution in [0.15, 0.2) is 18.2 Å². The van der Waals surface area contributed by atoms with Gasteiger partial charge in [0.25, 0.3) is 0 Å². The molecule has 0 aliphatic rings. The van der Waals surface area contributed by atoms with Crippen LogP contribution < -0.4 is 4.74 Å². The molecule has 3 nitrogen and oxygen atoms in total. The van der Waals surface area contributed by atoms with E-state index in [1.54, 1.807) is 7.11 Å². The van der Waals surface area contributed by atoms with Gasteiger partial charge in [-0.25, -0.2) is 0 Å². The first-order valence-corrected chi connectivity index (χ1v) is 6.21. The molecule has 0 bridgehead atoms. The lowest BCUT2D eigenvalue weighted by molar-refractivity contribution is -0.141. The molecule has 0 fully saturated rings. The average Bonchev–Trinajstić information content (AvgIpc) is 2.35. The highest BCUT2D eigenvalue weighted by atomic mass is 16.5. The van der Waals surface area contributed by atoms with Crippen LogP contribution in [0.3, 0.4) is 0 Å². The number of esters is 1. The summed E-state index contributed by atoms with van der Waals surface area (Å²) in [4.78, 5) is 11.5. The van der Waals surface area contributed by atoms with Gasteiger partial charge < -0.3 is 9.47 Å². The van der Waals surface area contributed by atoms with Crippen molar-refractivity contribution in [3.05, 3.63) is 29.3 Å². The van der Waals surface area contributed by atoms with Gasteiger partial charge in [-0.15, -0.1) is 0 Å².